The highest BCUT2D eigenvalue weighted by molar-refractivity contribution is 6.74. The first-order valence-electron chi connectivity index (χ1n) is 13.1. The van der Waals surface area contributed by atoms with Crippen molar-refractivity contribution in [2.75, 3.05) is 13.7 Å². The maximum absolute atomic E-state index is 13.4. The number of hydrogen-bond acceptors (Lipinski definition) is 6. The fraction of sp³-hybridized carbons (Fsp3) is 0.484. The van der Waals surface area contributed by atoms with Crippen LogP contribution >= 0.6 is 0 Å². The Morgan fingerprint density at radius 3 is 2.13 bits per heavy atom. The van der Waals surface area contributed by atoms with E-state index in [-0.39, 0.29) is 10.8 Å². The molecule has 0 aromatic heterocycles. The molecule has 7 heteroatoms. The minimum atomic E-state index is -2.22. The third kappa shape index (κ3) is 8.93. The van der Waals surface area contributed by atoms with Crippen LogP contribution in [0.1, 0.15) is 57.5 Å². The molecule has 0 bridgehead atoms. The standard InChI is InChI=1S/C31H44O6Si/c1-22(19-20-35-21-25-15-17-27(34-7)18-16-25)29(37-38(8,9)31(4,5)6)23(2)28(32)24(3)36-30(33)26-13-11-10-12-14-26/h10-19,23-24,29H,20-21H2,1-9H3/t23-,24-,29+/m0/s1. The number of benzene rings is 2. The van der Waals surface area contributed by atoms with Crippen LogP contribution in [0.5, 0.6) is 5.75 Å². The average Bonchev–Trinajstić information content (AvgIpc) is 2.88. The van der Waals surface area contributed by atoms with Crippen molar-refractivity contribution in [3.63, 3.8) is 0 Å². The quantitative estimate of drug-likeness (QED) is 0.118. The predicted octanol–water partition coefficient (Wildman–Crippen LogP) is 7.00. The molecule has 0 spiro atoms. The summed E-state index contributed by atoms with van der Waals surface area (Å²) in [6, 6.07) is 16.4. The molecule has 0 heterocycles. The number of ketones is 1. The summed E-state index contributed by atoms with van der Waals surface area (Å²) in [5.74, 6) is -0.400. The van der Waals surface area contributed by atoms with Gasteiger partial charge >= 0.3 is 5.97 Å². The fourth-order valence-electron chi connectivity index (χ4n) is 3.67. The second-order valence-electron chi connectivity index (χ2n) is 11.2. The molecule has 3 atom stereocenters. The van der Waals surface area contributed by atoms with Gasteiger partial charge in [0.05, 0.1) is 32.0 Å². The number of hydrogen-bond donors (Lipinski definition) is 0. The summed E-state index contributed by atoms with van der Waals surface area (Å²) in [6.45, 7) is 17.1. The molecule has 0 N–H and O–H groups in total. The number of methoxy groups -OCH3 is 1. The number of rotatable bonds is 13. The lowest BCUT2D eigenvalue weighted by Gasteiger charge is -2.41. The van der Waals surface area contributed by atoms with Crippen molar-refractivity contribution in [1.29, 1.82) is 0 Å². The Labute approximate surface area is 229 Å². The number of carbonyl (C=O) groups is 2. The summed E-state index contributed by atoms with van der Waals surface area (Å²) >= 11 is 0. The van der Waals surface area contributed by atoms with Gasteiger partial charge in [0.1, 0.15) is 5.75 Å². The second kappa shape index (κ2) is 13.9. The molecule has 2 rings (SSSR count). The van der Waals surface area contributed by atoms with E-state index in [2.05, 4.69) is 33.9 Å². The molecular formula is C31H44O6Si. The maximum Gasteiger partial charge on any atom is 0.338 e. The molecule has 0 aliphatic rings. The summed E-state index contributed by atoms with van der Waals surface area (Å²) < 4.78 is 23.4. The van der Waals surface area contributed by atoms with Crippen LogP contribution in [0.2, 0.25) is 18.1 Å². The lowest BCUT2D eigenvalue weighted by molar-refractivity contribution is -0.132. The lowest BCUT2D eigenvalue weighted by atomic mass is 9.92. The van der Waals surface area contributed by atoms with E-state index in [0.29, 0.717) is 18.8 Å². The number of esters is 1. The van der Waals surface area contributed by atoms with Gasteiger partial charge in [-0.2, -0.15) is 0 Å². The zero-order valence-corrected chi connectivity index (χ0v) is 25.4. The van der Waals surface area contributed by atoms with Gasteiger partial charge in [-0.25, -0.2) is 4.79 Å². The van der Waals surface area contributed by atoms with Crippen LogP contribution < -0.4 is 4.74 Å². The summed E-state index contributed by atoms with van der Waals surface area (Å²) in [5.41, 5.74) is 2.38. The molecule has 0 saturated carbocycles. The van der Waals surface area contributed by atoms with E-state index in [1.54, 1.807) is 38.3 Å². The van der Waals surface area contributed by atoms with Gasteiger partial charge in [-0.15, -0.1) is 0 Å². The smallest absolute Gasteiger partial charge is 0.338 e. The molecule has 0 fully saturated rings. The van der Waals surface area contributed by atoms with Crippen molar-refractivity contribution in [3.05, 3.63) is 77.4 Å². The maximum atomic E-state index is 13.4. The number of Topliss-reactive ketones (excluding diaryl/α,β-unsaturated/α-hetero) is 1. The normalized spacial score (nSPS) is 14.9. The van der Waals surface area contributed by atoms with Crippen molar-refractivity contribution in [1.82, 2.24) is 0 Å². The van der Waals surface area contributed by atoms with Crippen molar-refractivity contribution >= 4 is 20.1 Å². The zero-order chi connectivity index (χ0) is 28.5. The Balaban J connectivity index is 2.14. The topological polar surface area (TPSA) is 71.1 Å². The molecule has 0 aliphatic carbocycles. The molecule has 0 saturated heterocycles. The monoisotopic (exact) mass is 540 g/mol. The number of ether oxygens (including phenoxy) is 3. The third-order valence-electron chi connectivity index (χ3n) is 7.22. The van der Waals surface area contributed by atoms with Gasteiger partial charge in [0.25, 0.3) is 0 Å². The van der Waals surface area contributed by atoms with Crippen LogP contribution in [0, 0.1) is 5.92 Å². The molecular weight excluding hydrogens is 496 g/mol. The summed E-state index contributed by atoms with van der Waals surface area (Å²) in [7, 11) is -0.582. The minimum Gasteiger partial charge on any atom is -0.497 e. The Hall–Kier alpha value is -2.74. The molecule has 2 aromatic rings. The summed E-state index contributed by atoms with van der Waals surface area (Å²) in [4.78, 5) is 26.0. The summed E-state index contributed by atoms with van der Waals surface area (Å²) in [6.07, 6.45) is 0.624. The number of carbonyl (C=O) groups excluding carboxylic acids is 2. The van der Waals surface area contributed by atoms with Crippen molar-refractivity contribution in [3.8, 4) is 5.75 Å². The van der Waals surface area contributed by atoms with E-state index < -0.39 is 32.4 Å². The Morgan fingerprint density at radius 2 is 1.58 bits per heavy atom. The Bertz CT molecular complexity index is 1070. The average molecular weight is 541 g/mol. The van der Waals surface area contributed by atoms with Crippen LogP contribution in [-0.2, 0) is 25.3 Å². The molecule has 6 nitrogen and oxygen atoms in total. The van der Waals surface area contributed by atoms with E-state index in [4.69, 9.17) is 18.6 Å². The van der Waals surface area contributed by atoms with Crippen LogP contribution in [0.3, 0.4) is 0 Å². The highest BCUT2D eigenvalue weighted by Crippen LogP contribution is 2.39. The third-order valence-corrected chi connectivity index (χ3v) is 11.7. The first kappa shape index (κ1) is 31.5. The van der Waals surface area contributed by atoms with Crippen molar-refractivity contribution in [2.45, 2.75) is 78.5 Å². The SMILES string of the molecule is COc1ccc(COCC=C(C)[C@@H](O[Si](C)(C)C(C)(C)C)[C@@H](C)C(=O)[C@H](C)OC(=O)c2ccccc2)cc1. The van der Waals surface area contributed by atoms with Crippen molar-refractivity contribution in [2.24, 2.45) is 5.92 Å². The fourth-order valence-corrected chi connectivity index (χ4v) is 5.05. The van der Waals surface area contributed by atoms with Gasteiger partial charge in [-0.05, 0) is 67.4 Å². The molecule has 0 aliphatic heterocycles. The Kier molecular flexibility index (Phi) is 11.5. The molecule has 0 unspecified atom stereocenters. The van der Waals surface area contributed by atoms with E-state index in [1.165, 1.54) is 0 Å². The van der Waals surface area contributed by atoms with Gasteiger partial charge in [-0.1, -0.05) is 64.1 Å². The highest BCUT2D eigenvalue weighted by atomic mass is 28.4. The zero-order valence-electron chi connectivity index (χ0n) is 24.4. The van der Waals surface area contributed by atoms with Crippen molar-refractivity contribution < 1.29 is 28.2 Å². The van der Waals surface area contributed by atoms with Gasteiger partial charge in [0, 0.05) is 5.92 Å². The molecule has 2 aromatic carbocycles. The lowest BCUT2D eigenvalue weighted by Crippen LogP contribution is -2.48. The molecule has 38 heavy (non-hydrogen) atoms. The first-order chi connectivity index (χ1) is 17.8. The largest absolute Gasteiger partial charge is 0.497 e. The minimum absolute atomic E-state index is 0.0371. The van der Waals surface area contributed by atoms with E-state index in [9.17, 15) is 9.59 Å². The van der Waals surface area contributed by atoms with Crippen LogP contribution in [0.15, 0.2) is 66.2 Å². The Morgan fingerprint density at radius 1 is 0.974 bits per heavy atom. The van der Waals surface area contributed by atoms with Crippen LogP contribution in [0.25, 0.3) is 0 Å². The highest BCUT2D eigenvalue weighted by Gasteiger charge is 2.42. The van der Waals surface area contributed by atoms with E-state index in [0.717, 1.165) is 16.9 Å². The molecule has 208 valence electrons. The van der Waals surface area contributed by atoms with Gasteiger partial charge in [0.15, 0.2) is 20.2 Å². The second-order valence-corrected chi connectivity index (χ2v) is 16.0. The summed E-state index contributed by atoms with van der Waals surface area (Å²) in [5, 5.41) is -0.0371. The van der Waals surface area contributed by atoms with Crippen LogP contribution in [0.4, 0.5) is 0 Å². The van der Waals surface area contributed by atoms with E-state index in [1.807, 2.05) is 50.3 Å². The van der Waals surface area contributed by atoms with E-state index >= 15 is 0 Å². The first-order valence-corrected chi connectivity index (χ1v) is 16.0. The van der Waals surface area contributed by atoms with Gasteiger partial charge in [-0.3, -0.25) is 4.79 Å². The van der Waals surface area contributed by atoms with Gasteiger partial charge < -0.3 is 18.6 Å². The molecule has 0 amide bonds. The van der Waals surface area contributed by atoms with Gasteiger partial charge in [0.2, 0.25) is 0 Å². The van der Waals surface area contributed by atoms with Crippen LogP contribution in [-0.4, -0.2) is 46.0 Å². The predicted molar refractivity (Wildman–Crippen MR) is 154 cm³/mol. The molecule has 0 radical (unpaired) electrons.